The van der Waals surface area contributed by atoms with Crippen LogP contribution in [-0.2, 0) is 11.2 Å². The summed E-state index contributed by atoms with van der Waals surface area (Å²) in [5.41, 5.74) is 2.67. The van der Waals surface area contributed by atoms with Crippen LogP contribution < -0.4 is 0 Å². The Kier molecular flexibility index (Phi) is 3.43. The van der Waals surface area contributed by atoms with Gasteiger partial charge in [0, 0.05) is 18.9 Å². The summed E-state index contributed by atoms with van der Waals surface area (Å²) in [5, 5.41) is 4.03. The van der Waals surface area contributed by atoms with Gasteiger partial charge >= 0.3 is 0 Å². The van der Waals surface area contributed by atoms with Gasteiger partial charge in [0.05, 0.1) is 12.0 Å². The topological polar surface area (TPSA) is 59.2 Å². The highest BCUT2D eigenvalue weighted by atomic mass is 16.5. The smallest absolute Gasteiger partial charge is 0.232 e. The first-order chi connectivity index (χ1) is 11.1. The van der Waals surface area contributed by atoms with Crippen molar-refractivity contribution in [2.45, 2.75) is 51.0 Å². The molecule has 0 N–H and O–H groups in total. The molecule has 0 saturated carbocycles. The molecule has 1 saturated heterocycles. The predicted octanol–water partition coefficient (Wildman–Crippen LogP) is 3.20. The lowest BCUT2D eigenvalue weighted by Gasteiger charge is -2.25. The third kappa shape index (κ3) is 2.44. The number of fused-ring (bicyclic) bond motifs is 1. The summed E-state index contributed by atoms with van der Waals surface area (Å²) in [7, 11) is 0. The van der Waals surface area contributed by atoms with Gasteiger partial charge in [-0.3, -0.25) is 4.79 Å². The first kappa shape index (κ1) is 14.4. The molecule has 1 aromatic carbocycles. The SMILES string of the molecule is CC(C)c1noc(C2CC(=O)N(C3CCc4ccccc43)C2)n1. The molecular weight excluding hydrogens is 290 g/mol. The summed E-state index contributed by atoms with van der Waals surface area (Å²) in [6, 6.07) is 8.65. The highest BCUT2D eigenvalue weighted by molar-refractivity contribution is 5.80. The molecule has 0 bridgehead atoms. The number of aromatic nitrogens is 2. The molecule has 2 unspecified atom stereocenters. The molecule has 2 aromatic rings. The fourth-order valence-electron chi connectivity index (χ4n) is 3.70. The molecule has 5 nitrogen and oxygen atoms in total. The van der Waals surface area contributed by atoms with Crippen LogP contribution >= 0.6 is 0 Å². The molecule has 1 fully saturated rings. The van der Waals surface area contributed by atoms with Crippen molar-refractivity contribution in [3.63, 3.8) is 0 Å². The number of rotatable bonds is 3. The largest absolute Gasteiger partial charge is 0.339 e. The second-order valence-electron chi connectivity index (χ2n) is 6.85. The highest BCUT2D eigenvalue weighted by Crippen LogP contribution is 2.40. The zero-order chi connectivity index (χ0) is 16.0. The summed E-state index contributed by atoms with van der Waals surface area (Å²) in [5.74, 6) is 1.78. The summed E-state index contributed by atoms with van der Waals surface area (Å²) in [6.07, 6.45) is 2.53. The Bertz CT molecular complexity index is 737. The number of amides is 1. The number of carbonyl (C=O) groups excluding carboxylic acids is 1. The van der Waals surface area contributed by atoms with E-state index in [9.17, 15) is 4.79 Å². The zero-order valence-corrected chi connectivity index (χ0v) is 13.5. The molecule has 0 radical (unpaired) electrons. The van der Waals surface area contributed by atoms with Gasteiger partial charge in [-0.05, 0) is 24.0 Å². The average Bonchev–Trinajstić information content (AvgIpc) is 3.23. The number of nitrogens with zero attached hydrogens (tertiary/aromatic N) is 3. The third-order valence-electron chi connectivity index (χ3n) is 4.96. The zero-order valence-electron chi connectivity index (χ0n) is 13.5. The quantitative estimate of drug-likeness (QED) is 0.873. The van der Waals surface area contributed by atoms with Crippen molar-refractivity contribution < 1.29 is 9.32 Å². The van der Waals surface area contributed by atoms with Crippen LogP contribution in [0.2, 0.25) is 0 Å². The highest BCUT2D eigenvalue weighted by Gasteiger charge is 2.40. The molecule has 1 amide bonds. The van der Waals surface area contributed by atoms with Crippen molar-refractivity contribution in [1.82, 2.24) is 15.0 Å². The standard InChI is InChI=1S/C18H21N3O2/c1-11(2)17-19-18(23-20-17)13-9-16(22)21(10-13)15-8-7-12-5-3-4-6-14(12)15/h3-6,11,13,15H,7-10H2,1-2H3. The van der Waals surface area contributed by atoms with Crippen LogP contribution in [0.15, 0.2) is 28.8 Å². The maximum atomic E-state index is 12.5. The van der Waals surface area contributed by atoms with Gasteiger partial charge in [0.2, 0.25) is 11.8 Å². The van der Waals surface area contributed by atoms with Gasteiger partial charge in [-0.2, -0.15) is 4.98 Å². The van der Waals surface area contributed by atoms with E-state index in [2.05, 4.69) is 34.4 Å². The predicted molar refractivity (Wildman–Crippen MR) is 85.0 cm³/mol. The Hall–Kier alpha value is -2.17. The van der Waals surface area contributed by atoms with Gasteiger partial charge in [-0.1, -0.05) is 43.3 Å². The summed E-state index contributed by atoms with van der Waals surface area (Å²) in [6.45, 7) is 4.75. The number of aryl methyl sites for hydroxylation is 1. The molecule has 1 aromatic heterocycles. The van der Waals surface area contributed by atoms with Gasteiger partial charge in [-0.15, -0.1) is 0 Å². The van der Waals surface area contributed by atoms with Crippen LogP contribution in [0.4, 0.5) is 0 Å². The summed E-state index contributed by atoms with van der Waals surface area (Å²) >= 11 is 0. The van der Waals surface area contributed by atoms with Crippen molar-refractivity contribution in [2.75, 3.05) is 6.54 Å². The van der Waals surface area contributed by atoms with Crippen LogP contribution in [0.25, 0.3) is 0 Å². The maximum absolute atomic E-state index is 12.5. The lowest BCUT2D eigenvalue weighted by atomic mass is 10.1. The van der Waals surface area contributed by atoms with Crippen LogP contribution in [0.1, 0.15) is 67.4 Å². The molecule has 5 heteroatoms. The Balaban J connectivity index is 1.55. The average molecular weight is 311 g/mol. The lowest BCUT2D eigenvalue weighted by Crippen LogP contribution is -2.28. The van der Waals surface area contributed by atoms with E-state index < -0.39 is 0 Å². The van der Waals surface area contributed by atoms with Gasteiger partial charge in [-0.25, -0.2) is 0 Å². The Morgan fingerprint density at radius 1 is 1.30 bits per heavy atom. The van der Waals surface area contributed by atoms with E-state index in [1.54, 1.807) is 0 Å². The molecule has 2 heterocycles. The molecule has 4 rings (SSSR count). The minimum atomic E-state index is 0.0234. The maximum Gasteiger partial charge on any atom is 0.232 e. The van der Waals surface area contributed by atoms with E-state index in [0.717, 1.165) is 18.7 Å². The first-order valence-corrected chi connectivity index (χ1v) is 8.34. The second kappa shape index (κ2) is 5.48. The molecule has 23 heavy (non-hydrogen) atoms. The lowest BCUT2D eigenvalue weighted by molar-refractivity contribution is -0.129. The Morgan fingerprint density at radius 3 is 2.91 bits per heavy atom. The van der Waals surface area contributed by atoms with Crippen molar-refractivity contribution in [2.24, 2.45) is 0 Å². The van der Waals surface area contributed by atoms with Crippen LogP contribution in [-0.4, -0.2) is 27.5 Å². The van der Waals surface area contributed by atoms with E-state index in [1.807, 2.05) is 18.7 Å². The van der Waals surface area contributed by atoms with Crippen LogP contribution in [0.3, 0.4) is 0 Å². The molecule has 120 valence electrons. The first-order valence-electron chi connectivity index (χ1n) is 8.34. The normalized spacial score (nSPS) is 23.8. The minimum Gasteiger partial charge on any atom is -0.339 e. The van der Waals surface area contributed by atoms with Crippen LogP contribution in [0.5, 0.6) is 0 Å². The van der Waals surface area contributed by atoms with Gasteiger partial charge < -0.3 is 9.42 Å². The van der Waals surface area contributed by atoms with Crippen LogP contribution in [0, 0.1) is 0 Å². The van der Waals surface area contributed by atoms with Crippen molar-refractivity contribution in [3.8, 4) is 0 Å². The Labute approximate surface area is 135 Å². The molecule has 1 aliphatic carbocycles. The van der Waals surface area contributed by atoms with Gasteiger partial charge in [0.1, 0.15) is 0 Å². The van der Waals surface area contributed by atoms with Crippen molar-refractivity contribution in [3.05, 3.63) is 47.1 Å². The van der Waals surface area contributed by atoms with Crippen molar-refractivity contribution in [1.29, 1.82) is 0 Å². The van der Waals surface area contributed by atoms with Gasteiger partial charge in [0.15, 0.2) is 5.82 Å². The molecule has 2 atom stereocenters. The number of benzene rings is 1. The van der Waals surface area contributed by atoms with E-state index in [1.165, 1.54) is 11.1 Å². The number of carbonyl (C=O) groups is 1. The molecule has 0 spiro atoms. The monoisotopic (exact) mass is 311 g/mol. The summed E-state index contributed by atoms with van der Waals surface area (Å²) in [4.78, 5) is 19.0. The third-order valence-corrected chi connectivity index (χ3v) is 4.96. The number of hydrogen-bond donors (Lipinski definition) is 0. The Morgan fingerprint density at radius 2 is 2.13 bits per heavy atom. The van der Waals surface area contributed by atoms with Gasteiger partial charge in [0.25, 0.3) is 0 Å². The van der Waals surface area contributed by atoms with E-state index >= 15 is 0 Å². The molecule has 2 aliphatic rings. The molecule has 1 aliphatic heterocycles. The van der Waals surface area contributed by atoms with Crippen molar-refractivity contribution >= 4 is 5.91 Å². The van der Waals surface area contributed by atoms with E-state index in [4.69, 9.17) is 4.52 Å². The fraction of sp³-hybridized carbons (Fsp3) is 0.500. The summed E-state index contributed by atoms with van der Waals surface area (Å²) < 4.78 is 5.40. The fourth-order valence-corrected chi connectivity index (χ4v) is 3.70. The minimum absolute atomic E-state index is 0.0234. The van der Waals surface area contributed by atoms with E-state index in [0.29, 0.717) is 18.9 Å². The number of hydrogen-bond acceptors (Lipinski definition) is 4. The molecular formula is C18H21N3O2. The number of likely N-dealkylation sites (tertiary alicyclic amines) is 1. The van der Waals surface area contributed by atoms with E-state index in [-0.39, 0.29) is 23.8 Å². The second-order valence-corrected chi connectivity index (χ2v) is 6.85.